The van der Waals surface area contributed by atoms with Crippen molar-refractivity contribution < 1.29 is 14.3 Å². The summed E-state index contributed by atoms with van der Waals surface area (Å²) in [5.41, 5.74) is 5.55. The summed E-state index contributed by atoms with van der Waals surface area (Å²) in [5, 5.41) is 6.58. The zero-order valence-corrected chi connectivity index (χ0v) is 12.4. The third-order valence-corrected chi connectivity index (χ3v) is 2.82. The highest BCUT2D eigenvalue weighted by Crippen LogP contribution is 2.16. The number of amides is 2. The van der Waals surface area contributed by atoms with Gasteiger partial charge in [0, 0.05) is 12.4 Å². The van der Waals surface area contributed by atoms with Crippen LogP contribution in [0.1, 0.15) is 10.4 Å². The summed E-state index contributed by atoms with van der Waals surface area (Å²) in [6.07, 6.45) is 3.31. The summed E-state index contributed by atoms with van der Waals surface area (Å²) in [5.74, 6) is 5.17. The van der Waals surface area contributed by atoms with Gasteiger partial charge in [0.2, 0.25) is 5.91 Å². The fourth-order valence-electron chi connectivity index (χ4n) is 1.76. The minimum Gasteiger partial charge on any atom is -0.480 e. The van der Waals surface area contributed by atoms with Crippen molar-refractivity contribution in [3.8, 4) is 17.6 Å². The van der Waals surface area contributed by atoms with E-state index >= 15 is 0 Å². The second kappa shape index (κ2) is 8.24. The van der Waals surface area contributed by atoms with Crippen LogP contribution in [0.3, 0.4) is 0 Å². The topological polar surface area (TPSA) is 99.2 Å². The van der Waals surface area contributed by atoms with E-state index in [0.717, 1.165) is 0 Å². The molecule has 0 unspecified atom stereocenters. The predicted octanol–water partition coefficient (Wildman–Crippen LogP) is 0.181. The molecule has 2 rings (SSSR count). The van der Waals surface area contributed by atoms with Gasteiger partial charge in [-0.1, -0.05) is 24.0 Å². The Balaban J connectivity index is 1.72. The van der Waals surface area contributed by atoms with Crippen LogP contribution < -0.4 is 15.8 Å². The van der Waals surface area contributed by atoms with Crippen molar-refractivity contribution >= 4 is 11.8 Å². The monoisotopic (exact) mass is 312 g/mol. The maximum Gasteiger partial charge on any atom is 0.252 e. The maximum absolute atomic E-state index is 11.6. The molecule has 118 valence electrons. The minimum absolute atomic E-state index is 0.0965. The molecule has 0 aliphatic rings. The molecule has 0 saturated carbocycles. The second-order valence-corrected chi connectivity index (χ2v) is 4.48. The average Bonchev–Trinajstić information content (AvgIpc) is 3.03. The van der Waals surface area contributed by atoms with E-state index in [0.29, 0.717) is 11.3 Å². The zero-order chi connectivity index (χ0) is 16.5. The van der Waals surface area contributed by atoms with Crippen molar-refractivity contribution in [1.29, 1.82) is 0 Å². The highest BCUT2D eigenvalue weighted by Gasteiger charge is 2.07. The Kier molecular flexibility index (Phi) is 5.77. The molecular weight excluding hydrogens is 296 g/mol. The number of hydrogen-bond acceptors (Lipinski definition) is 4. The number of benzene rings is 1. The average molecular weight is 312 g/mol. The van der Waals surface area contributed by atoms with E-state index in [9.17, 15) is 9.59 Å². The van der Waals surface area contributed by atoms with Crippen LogP contribution in [-0.4, -0.2) is 34.7 Å². The van der Waals surface area contributed by atoms with Gasteiger partial charge in [0.15, 0.2) is 0 Å². The van der Waals surface area contributed by atoms with Gasteiger partial charge >= 0.3 is 0 Å². The number of primary amides is 1. The van der Waals surface area contributed by atoms with E-state index in [2.05, 4.69) is 22.3 Å². The van der Waals surface area contributed by atoms with Crippen LogP contribution in [0.5, 0.6) is 5.75 Å². The van der Waals surface area contributed by atoms with Crippen LogP contribution >= 0.6 is 0 Å². The van der Waals surface area contributed by atoms with Crippen molar-refractivity contribution in [2.75, 3.05) is 13.2 Å². The highest BCUT2D eigenvalue weighted by molar-refractivity contribution is 5.95. The number of hydrogen-bond donors (Lipinski definition) is 2. The lowest BCUT2D eigenvalue weighted by atomic mass is 10.2. The van der Waals surface area contributed by atoms with Gasteiger partial charge in [0.1, 0.15) is 18.9 Å². The quantitative estimate of drug-likeness (QED) is 0.743. The normalized spacial score (nSPS) is 9.57. The molecule has 0 saturated heterocycles. The maximum atomic E-state index is 11.6. The smallest absolute Gasteiger partial charge is 0.252 e. The number of carbonyl (C=O) groups is 2. The van der Waals surface area contributed by atoms with E-state index in [4.69, 9.17) is 10.5 Å². The summed E-state index contributed by atoms with van der Waals surface area (Å²) in [6.45, 7) is 0.456. The first-order valence-corrected chi connectivity index (χ1v) is 6.88. The number of carbonyl (C=O) groups excluding carboxylic acids is 2. The summed E-state index contributed by atoms with van der Waals surface area (Å²) >= 11 is 0. The van der Waals surface area contributed by atoms with E-state index in [1.807, 2.05) is 0 Å². The summed E-state index contributed by atoms with van der Waals surface area (Å²) in [6, 6.07) is 8.42. The molecule has 3 N–H and O–H groups in total. The van der Waals surface area contributed by atoms with Gasteiger partial charge in [-0.25, -0.2) is 0 Å². The Labute approximate surface area is 133 Å². The number of rotatable bonds is 6. The number of aromatic nitrogens is 2. The first-order valence-electron chi connectivity index (χ1n) is 6.88. The highest BCUT2D eigenvalue weighted by atomic mass is 16.5. The molecule has 0 bridgehead atoms. The summed E-state index contributed by atoms with van der Waals surface area (Å²) in [4.78, 5) is 22.8. The lowest BCUT2D eigenvalue weighted by Gasteiger charge is -2.05. The zero-order valence-electron chi connectivity index (χ0n) is 12.4. The molecule has 0 atom stereocenters. The minimum atomic E-state index is -0.556. The molecule has 7 heteroatoms. The van der Waals surface area contributed by atoms with Crippen molar-refractivity contribution in [3.63, 3.8) is 0 Å². The second-order valence-electron chi connectivity index (χ2n) is 4.48. The van der Waals surface area contributed by atoms with Crippen LogP contribution in [0.15, 0.2) is 42.7 Å². The largest absolute Gasteiger partial charge is 0.480 e. The van der Waals surface area contributed by atoms with Crippen molar-refractivity contribution in [2.45, 2.75) is 6.54 Å². The molecule has 1 aromatic carbocycles. The van der Waals surface area contributed by atoms with E-state index in [1.165, 1.54) is 4.68 Å². The van der Waals surface area contributed by atoms with E-state index < -0.39 is 5.91 Å². The lowest BCUT2D eigenvalue weighted by Crippen LogP contribution is -2.28. The SMILES string of the molecule is NC(=O)c1ccccc1OCC#CCNC(=O)Cn1cccn1. The molecule has 0 spiro atoms. The van der Waals surface area contributed by atoms with Crippen molar-refractivity contribution in [2.24, 2.45) is 5.73 Å². The van der Waals surface area contributed by atoms with Gasteiger partial charge in [-0.2, -0.15) is 5.10 Å². The van der Waals surface area contributed by atoms with E-state index in [-0.39, 0.29) is 25.6 Å². The Morgan fingerprint density at radius 1 is 1.26 bits per heavy atom. The molecule has 0 aliphatic carbocycles. The van der Waals surface area contributed by atoms with Crippen LogP contribution in [0.4, 0.5) is 0 Å². The lowest BCUT2D eigenvalue weighted by molar-refractivity contribution is -0.121. The van der Waals surface area contributed by atoms with Gasteiger partial charge in [-0.15, -0.1) is 0 Å². The molecule has 0 fully saturated rings. The summed E-state index contributed by atoms with van der Waals surface area (Å²) in [7, 11) is 0. The Bertz CT molecular complexity index is 729. The molecule has 2 amide bonds. The van der Waals surface area contributed by atoms with Crippen LogP contribution in [0, 0.1) is 11.8 Å². The molecule has 0 aliphatic heterocycles. The number of para-hydroxylation sites is 1. The third kappa shape index (κ3) is 5.21. The van der Waals surface area contributed by atoms with Gasteiger partial charge in [0.25, 0.3) is 5.91 Å². The molecule has 1 aromatic heterocycles. The molecular formula is C16H16N4O3. The van der Waals surface area contributed by atoms with Gasteiger partial charge in [-0.05, 0) is 18.2 Å². The number of ether oxygens (including phenoxy) is 1. The third-order valence-electron chi connectivity index (χ3n) is 2.82. The summed E-state index contributed by atoms with van der Waals surface area (Å²) < 4.78 is 6.91. The Morgan fingerprint density at radius 3 is 2.83 bits per heavy atom. The van der Waals surface area contributed by atoms with Gasteiger partial charge in [0.05, 0.1) is 12.1 Å². The van der Waals surface area contributed by atoms with Crippen LogP contribution in [-0.2, 0) is 11.3 Å². The number of nitrogens with two attached hydrogens (primary N) is 1. The Morgan fingerprint density at radius 2 is 2.09 bits per heavy atom. The number of nitrogens with one attached hydrogen (secondary N) is 1. The molecule has 2 aromatic rings. The van der Waals surface area contributed by atoms with E-state index in [1.54, 1.807) is 42.7 Å². The standard InChI is InChI=1S/C16H16N4O3/c17-16(22)13-6-1-2-7-14(13)23-11-4-3-8-18-15(21)12-20-10-5-9-19-20/h1-2,5-7,9-10H,8,11-12H2,(H2,17,22)(H,18,21). The molecule has 1 heterocycles. The van der Waals surface area contributed by atoms with Gasteiger partial charge in [-0.3, -0.25) is 14.3 Å². The Hall–Kier alpha value is -3.27. The van der Waals surface area contributed by atoms with Crippen molar-refractivity contribution in [1.82, 2.24) is 15.1 Å². The fraction of sp³-hybridized carbons (Fsp3) is 0.188. The fourth-order valence-corrected chi connectivity index (χ4v) is 1.76. The molecule has 0 radical (unpaired) electrons. The molecule has 23 heavy (non-hydrogen) atoms. The van der Waals surface area contributed by atoms with Crippen molar-refractivity contribution in [3.05, 3.63) is 48.3 Å². The van der Waals surface area contributed by atoms with Crippen LogP contribution in [0.2, 0.25) is 0 Å². The van der Waals surface area contributed by atoms with Gasteiger partial charge < -0.3 is 15.8 Å². The number of nitrogens with zero attached hydrogens (tertiary/aromatic N) is 2. The first-order chi connectivity index (χ1) is 11.2. The van der Waals surface area contributed by atoms with Crippen LogP contribution in [0.25, 0.3) is 0 Å². The first kappa shape index (κ1) is 16.1. The molecule has 7 nitrogen and oxygen atoms in total. The predicted molar refractivity (Wildman–Crippen MR) is 83.5 cm³/mol.